The average molecular weight is 377 g/mol. The molecule has 0 saturated heterocycles. The predicted octanol–water partition coefficient (Wildman–Crippen LogP) is 2.97. The quantitative estimate of drug-likeness (QED) is 0.511. The largest absolute Gasteiger partial charge is 0.454 e. The maximum atomic E-state index is 11.1. The van der Waals surface area contributed by atoms with Crippen LogP contribution >= 0.6 is 11.6 Å². The average Bonchev–Trinajstić information content (AvgIpc) is 3.04. The van der Waals surface area contributed by atoms with Crippen molar-refractivity contribution >= 4 is 23.5 Å². The number of carbonyl (C=O) groups excluding carboxylic acids is 1. The van der Waals surface area contributed by atoms with E-state index >= 15 is 0 Å². The highest BCUT2D eigenvalue weighted by atomic mass is 35.5. The van der Waals surface area contributed by atoms with Crippen LogP contribution in [0.5, 0.6) is 0 Å². The molecule has 7 heteroatoms. The number of primary amides is 1. The van der Waals surface area contributed by atoms with Gasteiger partial charge in [-0.05, 0) is 41.7 Å². The Morgan fingerprint density at radius 3 is 2.65 bits per heavy atom. The van der Waals surface area contributed by atoms with Gasteiger partial charge in [-0.15, -0.1) is 0 Å². The van der Waals surface area contributed by atoms with E-state index in [1.54, 1.807) is 19.2 Å². The third kappa shape index (κ3) is 6.11. The second-order valence-electron chi connectivity index (χ2n) is 6.88. The molecule has 0 bridgehead atoms. The van der Waals surface area contributed by atoms with Crippen LogP contribution in [-0.2, 0) is 13.0 Å². The predicted molar refractivity (Wildman–Crippen MR) is 104 cm³/mol. The van der Waals surface area contributed by atoms with Gasteiger partial charge in [0.15, 0.2) is 11.7 Å². The summed E-state index contributed by atoms with van der Waals surface area (Å²) in [6, 6.07) is 11.2. The number of aliphatic imine (C=N–C) groups is 1. The maximum absolute atomic E-state index is 11.1. The highest BCUT2D eigenvalue weighted by molar-refractivity contribution is 6.30. The molecule has 0 atom stereocenters. The summed E-state index contributed by atoms with van der Waals surface area (Å²) in [5.74, 6) is 0.829. The molecule has 1 aromatic heterocycles. The molecule has 2 rings (SSSR count). The van der Waals surface area contributed by atoms with Crippen LogP contribution in [0.2, 0.25) is 5.02 Å². The fraction of sp³-hybridized carbons (Fsp3) is 0.368. The molecule has 0 aliphatic heterocycles. The summed E-state index contributed by atoms with van der Waals surface area (Å²) in [4.78, 5) is 15.3. The number of carbonyl (C=O) groups is 1. The molecule has 1 heterocycles. The lowest BCUT2D eigenvalue weighted by atomic mass is 9.86. The van der Waals surface area contributed by atoms with Crippen molar-refractivity contribution in [3.63, 3.8) is 0 Å². The van der Waals surface area contributed by atoms with Crippen LogP contribution in [0, 0.1) is 5.41 Å². The van der Waals surface area contributed by atoms with Gasteiger partial charge < -0.3 is 20.8 Å². The zero-order valence-electron chi connectivity index (χ0n) is 15.3. The van der Waals surface area contributed by atoms with Crippen LogP contribution in [0.3, 0.4) is 0 Å². The normalized spacial score (nSPS) is 12.1. The Balaban J connectivity index is 1.85. The van der Waals surface area contributed by atoms with Crippen LogP contribution in [0.15, 0.2) is 45.8 Å². The van der Waals surface area contributed by atoms with E-state index in [1.165, 1.54) is 5.56 Å². The first kappa shape index (κ1) is 19.8. The molecule has 0 spiro atoms. The number of hydrogen-bond acceptors (Lipinski definition) is 3. The molecule has 6 nitrogen and oxygen atoms in total. The molecular formula is C19H25ClN4O2. The summed E-state index contributed by atoms with van der Waals surface area (Å²) in [5, 5.41) is 7.22. The van der Waals surface area contributed by atoms with Gasteiger partial charge in [0.2, 0.25) is 0 Å². The molecule has 0 aliphatic rings. The van der Waals surface area contributed by atoms with Gasteiger partial charge in [0, 0.05) is 18.6 Å². The molecular weight excluding hydrogens is 352 g/mol. The van der Waals surface area contributed by atoms with E-state index in [-0.39, 0.29) is 11.2 Å². The number of guanidine groups is 1. The van der Waals surface area contributed by atoms with E-state index in [1.807, 2.05) is 18.2 Å². The summed E-state index contributed by atoms with van der Waals surface area (Å²) in [5.41, 5.74) is 6.38. The number of nitrogens with zero attached hydrogens (tertiary/aromatic N) is 1. The van der Waals surface area contributed by atoms with Crippen molar-refractivity contribution in [1.82, 2.24) is 10.6 Å². The van der Waals surface area contributed by atoms with Crippen molar-refractivity contribution in [3.05, 3.63) is 58.5 Å². The van der Waals surface area contributed by atoms with Gasteiger partial charge in [0.25, 0.3) is 5.91 Å². The molecule has 2 aromatic rings. The summed E-state index contributed by atoms with van der Waals surface area (Å²) < 4.78 is 5.34. The maximum Gasteiger partial charge on any atom is 0.284 e. The van der Waals surface area contributed by atoms with Crippen LogP contribution in [0.4, 0.5) is 0 Å². The zero-order chi connectivity index (χ0) is 19.2. The van der Waals surface area contributed by atoms with E-state index in [0.717, 1.165) is 18.0 Å². The van der Waals surface area contributed by atoms with Crippen LogP contribution in [-0.4, -0.2) is 25.5 Å². The van der Waals surface area contributed by atoms with Crippen molar-refractivity contribution in [1.29, 1.82) is 0 Å². The molecule has 0 radical (unpaired) electrons. The Bertz CT molecular complexity index is 783. The lowest BCUT2D eigenvalue weighted by Gasteiger charge is -2.26. The number of rotatable bonds is 7. The van der Waals surface area contributed by atoms with E-state index in [4.69, 9.17) is 21.8 Å². The van der Waals surface area contributed by atoms with E-state index in [2.05, 4.69) is 35.5 Å². The number of hydrogen-bond donors (Lipinski definition) is 3. The lowest BCUT2D eigenvalue weighted by Crippen LogP contribution is -2.42. The molecule has 0 aliphatic carbocycles. The summed E-state index contributed by atoms with van der Waals surface area (Å²) in [6.45, 7) is 5.49. The van der Waals surface area contributed by atoms with Gasteiger partial charge in [0.1, 0.15) is 5.76 Å². The minimum Gasteiger partial charge on any atom is -0.454 e. The molecule has 0 saturated carbocycles. The first-order valence-corrected chi connectivity index (χ1v) is 8.74. The molecule has 140 valence electrons. The van der Waals surface area contributed by atoms with E-state index in [9.17, 15) is 4.79 Å². The van der Waals surface area contributed by atoms with Crippen molar-refractivity contribution in [2.75, 3.05) is 13.6 Å². The van der Waals surface area contributed by atoms with Gasteiger partial charge in [-0.1, -0.05) is 37.6 Å². The molecule has 1 amide bonds. The Hall–Kier alpha value is -2.47. The van der Waals surface area contributed by atoms with Gasteiger partial charge in [0.05, 0.1) is 6.54 Å². The first-order chi connectivity index (χ1) is 12.3. The molecule has 4 N–H and O–H groups in total. The van der Waals surface area contributed by atoms with Crippen molar-refractivity contribution in [2.45, 2.75) is 26.8 Å². The third-order valence-electron chi connectivity index (χ3n) is 3.86. The first-order valence-electron chi connectivity index (χ1n) is 8.36. The summed E-state index contributed by atoms with van der Waals surface area (Å²) in [6.07, 6.45) is 0.887. The fourth-order valence-corrected chi connectivity index (χ4v) is 2.79. The lowest BCUT2D eigenvalue weighted by molar-refractivity contribution is 0.0972. The summed E-state index contributed by atoms with van der Waals surface area (Å²) in [7, 11) is 1.70. The van der Waals surface area contributed by atoms with Gasteiger partial charge in [-0.2, -0.15) is 0 Å². The fourth-order valence-electron chi connectivity index (χ4n) is 2.58. The summed E-state index contributed by atoms with van der Waals surface area (Å²) >= 11 is 6.06. The van der Waals surface area contributed by atoms with Crippen molar-refractivity contribution < 1.29 is 9.21 Å². The van der Waals surface area contributed by atoms with Gasteiger partial charge in [-0.25, -0.2) is 0 Å². The highest BCUT2D eigenvalue weighted by Gasteiger charge is 2.19. The second kappa shape index (κ2) is 8.76. The Labute approximate surface area is 158 Å². The molecule has 26 heavy (non-hydrogen) atoms. The zero-order valence-corrected chi connectivity index (χ0v) is 16.1. The third-order valence-corrected chi connectivity index (χ3v) is 4.10. The highest BCUT2D eigenvalue weighted by Crippen LogP contribution is 2.22. The SMILES string of the molecule is CN=C(NCc1ccc(C(N)=O)o1)NCC(C)(C)Cc1cccc(Cl)c1. The number of amides is 1. The van der Waals surface area contributed by atoms with Gasteiger partial charge in [-0.3, -0.25) is 9.79 Å². The van der Waals surface area contributed by atoms with Crippen LogP contribution in [0.25, 0.3) is 0 Å². The number of halogens is 1. The van der Waals surface area contributed by atoms with Crippen molar-refractivity contribution in [3.8, 4) is 0 Å². The topological polar surface area (TPSA) is 92.6 Å². The molecule has 1 aromatic carbocycles. The molecule has 0 unspecified atom stereocenters. The smallest absolute Gasteiger partial charge is 0.284 e. The Morgan fingerprint density at radius 2 is 2.04 bits per heavy atom. The van der Waals surface area contributed by atoms with Crippen LogP contribution in [0.1, 0.15) is 35.7 Å². The standard InChI is InChI=1S/C19H25ClN4O2/c1-19(2,10-13-5-4-6-14(20)9-13)12-24-18(22-3)23-11-15-7-8-16(26-15)17(21)25/h4-9H,10-12H2,1-3H3,(H2,21,25)(H2,22,23,24). The van der Waals surface area contributed by atoms with E-state index < -0.39 is 5.91 Å². The van der Waals surface area contributed by atoms with E-state index in [0.29, 0.717) is 18.3 Å². The number of benzene rings is 1. The van der Waals surface area contributed by atoms with Crippen LogP contribution < -0.4 is 16.4 Å². The minimum atomic E-state index is -0.582. The minimum absolute atomic E-state index is 0.00607. The molecule has 0 fully saturated rings. The Kier molecular flexibility index (Phi) is 6.69. The number of nitrogens with one attached hydrogen (secondary N) is 2. The monoisotopic (exact) mass is 376 g/mol. The second-order valence-corrected chi connectivity index (χ2v) is 7.32. The van der Waals surface area contributed by atoms with Crippen molar-refractivity contribution in [2.24, 2.45) is 16.1 Å². The van der Waals surface area contributed by atoms with Gasteiger partial charge >= 0.3 is 0 Å². The number of furan rings is 1. The number of nitrogens with two attached hydrogens (primary N) is 1. The Morgan fingerprint density at radius 1 is 1.27 bits per heavy atom.